The van der Waals surface area contributed by atoms with Gasteiger partial charge in [0.25, 0.3) is 0 Å². The lowest BCUT2D eigenvalue weighted by Gasteiger charge is -2.20. The van der Waals surface area contributed by atoms with Gasteiger partial charge in [0.05, 0.1) is 18.7 Å². The molecule has 1 atom stereocenters. The van der Waals surface area contributed by atoms with Gasteiger partial charge in [-0.25, -0.2) is 4.99 Å². The van der Waals surface area contributed by atoms with Gasteiger partial charge in [0.15, 0.2) is 5.96 Å². The van der Waals surface area contributed by atoms with E-state index < -0.39 is 17.3 Å². The first-order valence-electron chi connectivity index (χ1n) is 8.67. The van der Waals surface area contributed by atoms with E-state index in [9.17, 15) is 18.3 Å². The fourth-order valence-electron chi connectivity index (χ4n) is 2.25. The van der Waals surface area contributed by atoms with Crippen molar-refractivity contribution in [3.05, 3.63) is 57.8 Å². The molecule has 4 nitrogen and oxygen atoms in total. The van der Waals surface area contributed by atoms with Gasteiger partial charge in [-0.3, -0.25) is 0 Å². The molecule has 1 aromatic carbocycles. The number of thiophene rings is 1. The van der Waals surface area contributed by atoms with E-state index in [4.69, 9.17) is 0 Å². The van der Waals surface area contributed by atoms with Crippen LogP contribution in [-0.4, -0.2) is 30.7 Å². The van der Waals surface area contributed by atoms with Crippen molar-refractivity contribution in [3.63, 3.8) is 0 Å². The predicted octanol–water partition coefficient (Wildman–Crippen LogP) is 4.20. The predicted molar refractivity (Wildman–Crippen MR) is 122 cm³/mol. The minimum atomic E-state index is -4.35. The smallest absolute Gasteiger partial charge is 0.383 e. The van der Waals surface area contributed by atoms with E-state index in [0.29, 0.717) is 18.1 Å². The van der Waals surface area contributed by atoms with E-state index in [2.05, 4.69) is 27.5 Å². The molecule has 0 aliphatic carbocycles. The van der Waals surface area contributed by atoms with Crippen LogP contribution in [-0.2, 0) is 11.8 Å². The van der Waals surface area contributed by atoms with E-state index in [1.807, 2.05) is 24.4 Å². The summed E-state index contributed by atoms with van der Waals surface area (Å²) in [5.41, 5.74) is -1.27. The molecule has 9 heteroatoms. The first-order chi connectivity index (χ1) is 13.2. The van der Waals surface area contributed by atoms with Crippen LogP contribution in [0.2, 0.25) is 0 Å². The Labute approximate surface area is 189 Å². The van der Waals surface area contributed by atoms with E-state index in [1.54, 1.807) is 6.92 Å². The number of benzene rings is 1. The van der Waals surface area contributed by atoms with Crippen LogP contribution in [0.4, 0.5) is 13.2 Å². The van der Waals surface area contributed by atoms with Gasteiger partial charge in [0.2, 0.25) is 0 Å². The van der Waals surface area contributed by atoms with Gasteiger partial charge < -0.3 is 15.7 Å². The maximum Gasteiger partial charge on any atom is 0.416 e. The lowest BCUT2D eigenvalue weighted by molar-refractivity contribution is -0.137. The van der Waals surface area contributed by atoms with E-state index in [0.717, 1.165) is 17.0 Å². The number of nitrogens with zero attached hydrogens (tertiary/aromatic N) is 1. The zero-order valence-electron chi connectivity index (χ0n) is 16.0. The number of aliphatic hydroxyl groups is 1. The molecule has 3 N–H and O–H groups in total. The first-order valence-corrected chi connectivity index (χ1v) is 9.55. The minimum Gasteiger partial charge on any atom is -0.383 e. The van der Waals surface area contributed by atoms with Crippen molar-refractivity contribution in [1.29, 1.82) is 0 Å². The summed E-state index contributed by atoms with van der Waals surface area (Å²) in [4.78, 5) is 5.21. The molecule has 0 bridgehead atoms. The molecule has 0 fully saturated rings. The zero-order valence-corrected chi connectivity index (χ0v) is 19.2. The second-order valence-electron chi connectivity index (χ2n) is 6.18. The number of guanidine groups is 1. The Morgan fingerprint density at radius 2 is 1.86 bits per heavy atom. The topological polar surface area (TPSA) is 56.7 Å². The van der Waals surface area contributed by atoms with Gasteiger partial charge in [0.1, 0.15) is 5.60 Å². The largest absolute Gasteiger partial charge is 0.416 e. The molecule has 158 valence electrons. The van der Waals surface area contributed by atoms with Crippen molar-refractivity contribution >= 4 is 41.3 Å². The number of rotatable bonds is 5. The van der Waals surface area contributed by atoms with E-state index >= 15 is 0 Å². The molecule has 0 amide bonds. The van der Waals surface area contributed by atoms with E-state index in [-0.39, 0.29) is 37.1 Å². The van der Waals surface area contributed by atoms with Crippen LogP contribution in [0.5, 0.6) is 0 Å². The zero-order chi connectivity index (χ0) is 20.6. The molecule has 2 aromatic rings. The fourth-order valence-corrected chi connectivity index (χ4v) is 3.03. The van der Waals surface area contributed by atoms with Crippen molar-refractivity contribution < 1.29 is 18.3 Å². The third kappa shape index (κ3) is 8.24. The van der Waals surface area contributed by atoms with Crippen LogP contribution >= 0.6 is 35.3 Å². The van der Waals surface area contributed by atoms with Crippen LogP contribution in [0.3, 0.4) is 0 Å². The molecular weight excluding hydrogens is 514 g/mol. The summed E-state index contributed by atoms with van der Waals surface area (Å²) in [6.07, 6.45) is -4.35. The van der Waals surface area contributed by atoms with Crippen molar-refractivity contribution in [3.8, 4) is 11.8 Å². The quantitative estimate of drug-likeness (QED) is 0.232. The lowest BCUT2D eigenvalue weighted by atomic mass is 10.1. The molecule has 0 saturated heterocycles. The number of alkyl halides is 3. The monoisotopic (exact) mass is 537 g/mol. The van der Waals surface area contributed by atoms with Gasteiger partial charge in [0, 0.05) is 17.0 Å². The normalized spacial score (nSPS) is 13.5. The van der Waals surface area contributed by atoms with Gasteiger partial charge in [-0.1, -0.05) is 17.9 Å². The SMILES string of the molecule is CCNC(=NCC(C)(O)c1cccs1)NCC#Cc1ccc(C(F)(F)F)cc1.I. The van der Waals surface area contributed by atoms with Gasteiger partial charge in [-0.2, -0.15) is 13.2 Å². The van der Waals surface area contributed by atoms with Gasteiger partial charge >= 0.3 is 6.18 Å². The minimum absolute atomic E-state index is 0. The van der Waals surface area contributed by atoms with Crippen LogP contribution in [0.1, 0.15) is 29.9 Å². The Morgan fingerprint density at radius 3 is 2.41 bits per heavy atom. The number of nitrogens with one attached hydrogen (secondary N) is 2. The summed E-state index contributed by atoms with van der Waals surface area (Å²) in [5.74, 6) is 6.16. The average molecular weight is 537 g/mol. The number of hydrogen-bond donors (Lipinski definition) is 3. The molecule has 1 aromatic heterocycles. The molecule has 0 radical (unpaired) electrons. The molecule has 2 rings (SSSR count). The van der Waals surface area contributed by atoms with Crippen molar-refractivity contribution in [2.75, 3.05) is 19.6 Å². The van der Waals surface area contributed by atoms with Crippen molar-refractivity contribution in [1.82, 2.24) is 10.6 Å². The Balaban J connectivity index is 0.00000420. The Bertz CT molecular complexity index is 839. The maximum atomic E-state index is 12.6. The number of aliphatic imine (C=N–C) groups is 1. The third-order valence-corrected chi connectivity index (χ3v) is 4.85. The van der Waals surface area contributed by atoms with E-state index in [1.165, 1.54) is 23.5 Å². The number of hydrogen-bond acceptors (Lipinski definition) is 3. The molecular formula is C20H23F3IN3OS. The summed E-state index contributed by atoms with van der Waals surface area (Å²) < 4.78 is 37.7. The summed E-state index contributed by atoms with van der Waals surface area (Å²) in [5, 5.41) is 18.5. The Hall–Kier alpha value is -1.77. The van der Waals surface area contributed by atoms with Crippen LogP contribution in [0, 0.1) is 11.8 Å². The van der Waals surface area contributed by atoms with Crippen LogP contribution in [0.25, 0.3) is 0 Å². The highest BCUT2D eigenvalue weighted by Gasteiger charge is 2.29. The lowest BCUT2D eigenvalue weighted by Crippen LogP contribution is -2.39. The van der Waals surface area contributed by atoms with Crippen LogP contribution in [0.15, 0.2) is 46.8 Å². The summed E-state index contributed by atoms with van der Waals surface area (Å²) >= 11 is 1.46. The Kier molecular flexibility index (Phi) is 9.95. The highest BCUT2D eigenvalue weighted by molar-refractivity contribution is 14.0. The van der Waals surface area contributed by atoms with Crippen molar-refractivity contribution in [2.45, 2.75) is 25.6 Å². The maximum absolute atomic E-state index is 12.6. The summed E-state index contributed by atoms with van der Waals surface area (Å²) in [6.45, 7) is 4.70. The molecule has 0 aliphatic rings. The second-order valence-corrected chi connectivity index (χ2v) is 7.12. The number of halogens is 4. The van der Waals surface area contributed by atoms with Gasteiger partial charge in [-0.05, 0) is 49.6 Å². The summed E-state index contributed by atoms with van der Waals surface area (Å²) in [6, 6.07) is 8.43. The molecule has 0 saturated carbocycles. The second kappa shape index (κ2) is 11.4. The van der Waals surface area contributed by atoms with Crippen LogP contribution < -0.4 is 10.6 Å². The molecule has 1 unspecified atom stereocenters. The highest BCUT2D eigenvalue weighted by atomic mass is 127. The van der Waals surface area contributed by atoms with Gasteiger partial charge in [-0.15, -0.1) is 35.3 Å². The average Bonchev–Trinajstić information content (AvgIpc) is 3.18. The molecule has 29 heavy (non-hydrogen) atoms. The van der Waals surface area contributed by atoms with Crippen molar-refractivity contribution in [2.24, 2.45) is 4.99 Å². The highest BCUT2D eigenvalue weighted by Crippen LogP contribution is 2.29. The molecule has 1 heterocycles. The Morgan fingerprint density at radius 1 is 1.17 bits per heavy atom. The molecule has 0 aliphatic heterocycles. The molecule has 0 spiro atoms. The third-order valence-electron chi connectivity index (χ3n) is 3.73. The standard InChI is InChI=1S/C20H22F3N3OS.HI/c1-3-24-18(26-14-19(2,27)17-7-5-13-28-17)25-12-4-6-15-8-10-16(11-9-15)20(21,22)23;/h5,7-11,13,27H,3,12,14H2,1-2H3,(H2,24,25,26);1H. The first kappa shape index (κ1) is 25.3. The summed E-state index contributed by atoms with van der Waals surface area (Å²) in [7, 11) is 0. The fraction of sp³-hybridized carbons (Fsp3) is 0.350.